The van der Waals surface area contributed by atoms with Crippen LogP contribution in [0.3, 0.4) is 0 Å². The van der Waals surface area contributed by atoms with Crippen molar-refractivity contribution in [1.29, 1.82) is 0 Å². The fourth-order valence-electron chi connectivity index (χ4n) is 2.46. The third-order valence-corrected chi connectivity index (χ3v) is 4.35. The summed E-state index contributed by atoms with van der Waals surface area (Å²) in [7, 11) is 1.76. The Morgan fingerprint density at radius 3 is 2.89 bits per heavy atom. The Balaban J connectivity index is 2.13. The molecule has 1 amide bonds. The summed E-state index contributed by atoms with van der Waals surface area (Å²) >= 11 is 1.14. The van der Waals surface area contributed by atoms with Gasteiger partial charge in [0.25, 0.3) is 5.91 Å². The average molecular weight is 269 g/mol. The maximum atomic E-state index is 12.4. The summed E-state index contributed by atoms with van der Waals surface area (Å²) in [5.74, 6) is -0.0622. The van der Waals surface area contributed by atoms with Crippen LogP contribution in [0.4, 0.5) is 0 Å². The number of aliphatic hydroxyl groups is 1. The molecule has 18 heavy (non-hydrogen) atoms. The van der Waals surface area contributed by atoms with Gasteiger partial charge < -0.3 is 10.0 Å². The normalized spacial score (nSPS) is 23.9. The molecular formula is C12H19N3O2S. The minimum absolute atomic E-state index is 0.0622. The molecule has 2 unspecified atom stereocenters. The smallest absolute Gasteiger partial charge is 0.267 e. The lowest BCUT2D eigenvalue weighted by Crippen LogP contribution is -2.46. The monoisotopic (exact) mass is 269 g/mol. The fraction of sp³-hybridized carbons (Fsp3) is 0.750. The van der Waals surface area contributed by atoms with Crippen LogP contribution in [-0.2, 0) is 6.42 Å². The predicted octanol–water partition coefficient (Wildman–Crippen LogP) is 1.48. The van der Waals surface area contributed by atoms with Gasteiger partial charge in [0, 0.05) is 7.05 Å². The van der Waals surface area contributed by atoms with Crippen LogP contribution in [0, 0.1) is 0 Å². The number of nitrogens with zero attached hydrogens (tertiary/aromatic N) is 3. The lowest BCUT2D eigenvalue weighted by molar-refractivity contribution is 0.0270. The number of hydrogen-bond donors (Lipinski definition) is 1. The van der Waals surface area contributed by atoms with Crippen LogP contribution in [0.1, 0.15) is 48.0 Å². The quantitative estimate of drug-likeness (QED) is 0.902. The van der Waals surface area contributed by atoms with Crippen molar-refractivity contribution in [2.45, 2.75) is 51.2 Å². The van der Waals surface area contributed by atoms with Gasteiger partial charge in [0.2, 0.25) is 0 Å². The van der Waals surface area contributed by atoms with E-state index in [2.05, 4.69) is 9.59 Å². The van der Waals surface area contributed by atoms with Gasteiger partial charge in [-0.15, -0.1) is 5.10 Å². The van der Waals surface area contributed by atoms with Crippen molar-refractivity contribution < 1.29 is 9.90 Å². The summed E-state index contributed by atoms with van der Waals surface area (Å²) in [6.45, 7) is 1.96. The van der Waals surface area contributed by atoms with Crippen molar-refractivity contribution in [3.63, 3.8) is 0 Å². The molecule has 1 aliphatic carbocycles. The second kappa shape index (κ2) is 5.75. The minimum atomic E-state index is -0.404. The zero-order valence-corrected chi connectivity index (χ0v) is 11.6. The van der Waals surface area contributed by atoms with Gasteiger partial charge in [-0.3, -0.25) is 4.79 Å². The van der Waals surface area contributed by atoms with E-state index in [0.29, 0.717) is 11.3 Å². The molecule has 6 heteroatoms. The molecule has 100 valence electrons. The molecule has 0 spiro atoms. The molecule has 1 heterocycles. The third kappa shape index (κ3) is 2.54. The molecule has 0 aromatic carbocycles. The third-order valence-electron chi connectivity index (χ3n) is 3.60. The highest BCUT2D eigenvalue weighted by Crippen LogP contribution is 2.24. The SMILES string of the molecule is CCc1nnsc1C(=O)N(C)C1CCCCC1O. The zero-order chi connectivity index (χ0) is 13.1. The zero-order valence-electron chi connectivity index (χ0n) is 10.8. The lowest BCUT2D eigenvalue weighted by atomic mass is 9.91. The van der Waals surface area contributed by atoms with Crippen LogP contribution in [0.5, 0.6) is 0 Å². The Morgan fingerprint density at radius 1 is 1.50 bits per heavy atom. The van der Waals surface area contributed by atoms with E-state index in [9.17, 15) is 9.90 Å². The molecule has 0 saturated heterocycles. The van der Waals surface area contributed by atoms with Crippen molar-refractivity contribution in [1.82, 2.24) is 14.5 Å². The summed E-state index contributed by atoms with van der Waals surface area (Å²) in [5, 5.41) is 14.0. The summed E-state index contributed by atoms with van der Waals surface area (Å²) < 4.78 is 3.84. The Kier molecular flexibility index (Phi) is 4.29. The Bertz CT molecular complexity index is 421. The molecule has 0 radical (unpaired) electrons. The van der Waals surface area contributed by atoms with Gasteiger partial charge in [0.05, 0.1) is 17.8 Å². The van der Waals surface area contributed by atoms with Crippen molar-refractivity contribution in [3.05, 3.63) is 10.6 Å². The van der Waals surface area contributed by atoms with E-state index in [1.54, 1.807) is 11.9 Å². The van der Waals surface area contributed by atoms with Crippen LogP contribution >= 0.6 is 11.5 Å². The molecule has 1 N–H and O–H groups in total. The highest BCUT2D eigenvalue weighted by Gasteiger charge is 2.31. The minimum Gasteiger partial charge on any atom is -0.391 e. The largest absolute Gasteiger partial charge is 0.391 e. The first-order valence-corrected chi connectivity index (χ1v) is 7.19. The highest BCUT2D eigenvalue weighted by molar-refractivity contribution is 7.08. The second-order valence-corrected chi connectivity index (χ2v) is 5.49. The molecule has 5 nitrogen and oxygen atoms in total. The van der Waals surface area contributed by atoms with Gasteiger partial charge >= 0.3 is 0 Å². The number of amides is 1. The molecule has 2 rings (SSSR count). The van der Waals surface area contributed by atoms with Crippen molar-refractivity contribution in [2.24, 2.45) is 0 Å². The lowest BCUT2D eigenvalue weighted by Gasteiger charge is -2.34. The Labute approximate surface area is 111 Å². The number of likely N-dealkylation sites (N-methyl/N-ethyl adjacent to an activating group) is 1. The topological polar surface area (TPSA) is 66.3 Å². The van der Waals surface area contributed by atoms with Gasteiger partial charge in [-0.2, -0.15) is 0 Å². The maximum Gasteiger partial charge on any atom is 0.267 e. The van der Waals surface area contributed by atoms with E-state index < -0.39 is 6.10 Å². The van der Waals surface area contributed by atoms with Crippen LogP contribution in [-0.4, -0.2) is 44.7 Å². The number of hydrogen-bond acceptors (Lipinski definition) is 5. The van der Waals surface area contributed by atoms with E-state index in [1.165, 1.54) is 0 Å². The van der Waals surface area contributed by atoms with Crippen molar-refractivity contribution in [2.75, 3.05) is 7.05 Å². The van der Waals surface area contributed by atoms with E-state index in [1.807, 2.05) is 6.92 Å². The standard InChI is InChI=1S/C12H19N3O2S/c1-3-8-11(18-14-13-8)12(17)15(2)9-6-4-5-7-10(9)16/h9-10,16H,3-7H2,1-2H3. The molecule has 1 aromatic heterocycles. The van der Waals surface area contributed by atoms with Crippen LogP contribution in [0.25, 0.3) is 0 Å². The van der Waals surface area contributed by atoms with Crippen LogP contribution < -0.4 is 0 Å². The number of aryl methyl sites for hydroxylation is 1. The first-order valence-electron chi connectivity index (χ1n) is 6.41. The van der Waals surface area contributed by atoms with E-state index in [4.69, 9.17) is 0 Å². The molecule has 0 bridgehead atoms. The number of rotatable bonds is 3. The summed E-state index contributed by atoms with van der Waals surface area (Å²) in [6.07, 6.45) is 4.07. The van der Waals surface area contributed by atoms with Gasteiger partial charge in [0.15, 0.2) is 0 Å². The molecule has 1 saturated carbocycles. The van der Waals surface area contributed by atoms with Crippen molar-refractivity contribution >= 4 is 17.4 Å². The predicted molar refractivity (Wildman–Crippen MR) is 69.6 cm³/mol. The molecular weight excluding hydrogens is 250 g/mol. The van der Waals surface area contributed by atoms with Gasteiger partial charge in [-0.05, 0) is 30.8 Å². The summed E-state index contributed by atoms with van der Waals surface area (Å²) in [6, 6.07) is -0.0712. The Morgan fingerprint density at radius 2 is 2.22 bits per heavy atom. The van der Waals surface area contributed by atoms with Crippen LogP contribution in [0.15, 0.2) is 0 Å². The van der Waals surface area contributed by atoms with Crippen molar-refractivity contribution in [3.8, 4) is 0 Å². The highest BCUT2D eigenvalue weighted by atomic mass is 32.1. The number of aromatic nitrogens is 2. The Hall–Kier alpha value is -1.01. The molecule has 1 aliphatic rings. The summed E-state index contributed by atoms with van der Waals surface area (Å²) in [4.78, 5) is 14.6. The number of carbonyl (C=O) groups is 1. The average Bonchev–Trinajstić information content (AvgIpc) is 2.86. The maximum absolute atomic E-state index is 12.4. The fourth-order valence-corrected chi connectivity index (χ4v) is 3.19. The molecule has 1 fully saturated rings. The van der Waals surface area contributed by atoms with E-state index in [-0.39, 0.29) is 11.9 Å². The number of carbonyl (C=O) groups excluding carboxylic acids is 1. The van der Waals surface area contributed by atoms with Crippen LogP contribution in [0.2, 0.25) is 0 Å². The molecule has 0 aliphatic heterocycles. The molecule has 1 aromatic rings. The van der Waals surface area contributed by atoms with Gasteiger partial charge in [0.1, 0.15) is 4.88 Å². The van der Waals surface area contributed by atoms with E-state index >= 15 is 0 Å². The first-order chi connectivity index (χ1) is 8.65. The number of aliphatic hydroxyl groups excluding tert-OH is 1. The second-order valence-electron chi connectivity index (χ2n) is 4.74. The van der Waals surface area contributed by atoms with Gasteiger partial charge in [-0.25, -0.2) is 0 Å². The molecule has 2 atom stereocenters. The summed E-state index contributed by atoms with van der Waals surface area (Å²) in [5.41, 5.74) is 0.752. The van der Waals surface area contributed by atoms with E-state index in [0.717, 1.165) is 42.9 Å². The van der Waals surface area contributed by atoms with Gasteiger partial charge in [-0.1, -0.05) is 24.3 Å². The first kappa shape index (κ1) is 13.4.